The molecule has 0 spiro atoms. The van der Waals surface area contributed by atoms with Crippen molar-refractivity contribution in [3.8, 4) is 5.69 Å². The minimum absolute atomic E-state index is 0.0422. The summed E-state index contributed by atoms with van der Waals surface area (Å²) in [6.07, 6.45) is 5.93. The molecule has 2 N–H and O–H groups in total. The number of hydrogen-bond donors (Lipinski definition) is 2. The van der Waals surface area contributed by atoms with Gasteiger partial charge in [0, 0.05) is 12.4 Å². The number of carboxylic acid groups (broad SMARTS) is 1. The van der Waals surface area contributed by atoms with Gasteiger partial charge in [-0.25, -0.2) is 19.4 Å². The molecule has 1 aromatic carbocycles. The molecule has 3 rings (SSSR count). The standard InChI is InChI=1S/C14H11N5O2/c20-13(21)10-6-15-14(16-7-10)18-11-8-17-19(9-11)12-4-2-1-3-5-12/h1-9H,(H,20,21)(H,15,16,18). The molecule has 2 aromatic heterocycles. The van der Waals surface area contributed by atoms with E-state index < -0.39 is 5.97 Å². The van der Waals surface area contributed by atoms with E-state index in [1.807, 2.05) is 30.3 Å². The molecular formula is C14H11N5O2. The summed E-state index contributed by atoms with van der Waals surface area (Å²) in [5.74, 6) is -0.744. The topological polar surface area (TPSA) is 92.9 Å². The summed E-state index contributed by atoms with van der Waals surface area (Å²) in [5.41, 5.74) is 1.69. The Bertz CT molecular complexity index is 753. The molecule has 3 aromatic rings. The first-order chi connectivity index (χ1) is 10.2. The summed E-state index contributed by atoms with van der Waals surface area (Å²) in [7, 11) is 0. The molecule has 7 heteroatoms. The molecule has 0 saturated carbocycles. The second-order valence-corrected chi connectivity index (χ2v) is 4.23. The summed E-state index contributed by atoms with van der Waals surface area (Å²) >= 11 is 0. The number of carbonyl (C=O) groups is 1. The Morgan fingerprint density at radius 3 is 2.48 bits per heavy atom. The van der Waals surface area contributed by atoms with Gasteiger partial charge in [0.25, 0.3) is 0 Å². The molecule has 0 radical (unpaired) electrons. The minimum atomic E-state index is -1.06. The van der Waals surface area contributed by atoms with Gasteiger partial charge in [0.1, 0.15) is 0 Å². The zero-order valence-electron chi connectivity index (χ0n) is 10.8. The van der Waals surface area contributed by atoms with Crippen LogP contribution in [0.1, 0.15) is 10.4 Å². The Kier molecular flexibility index (Phi) is 3.30. The highest BCUT2D eigenvalue weighted by Crippen LogP contribution is 2.14. The summed E-state index contributed by atoms with van der Waals surface area (Å²) in [5, 5.41) is 16.0. The highest BCUT2D eigenvalue weighted by molar-refractivity contribution is 5.86. The number of rotatable bonds is 4. The molecule has 0 aliphatic heterocycles. The molecule has 0 saturated heterocycles. The van der Waals surface area contributed by atoms with Gasteiger partial charge >= 0.3 is 5.97 Å². The van der Waals surface area contributed by atoms with E-state index in [2.05, 4.69) is 20.4 Å². The lowest BCUT2D eigenvalue weighted by Crippen LogP contribution is -2.01. The first-order valence-corrected chi connectivity index (χ1v) is 6.15. The Balaban J connectivity index is 1.77. The Morgan fingerprint density at radius 1 is 1.10 bits per heavy atom. The van der Waals surface area contributed by atoms with Crippen LogP contribution in [0.25, 0.3) is 5.69 Å². The van der Waals surface area contributed by atoms with Gasteiger partial charge in [-0.15, -0.1) is 0 Å². The molecule has 21 heavy (non-hydrogen) atoms. The normalized spacial score (nSPS) is 10.3. The first-order valence-electron chi connectivity index (χ1n) is 6.15. The maximum Gasteiger partial charge on any atom is 0.338 e. The lowest BCUT2D eigenvalue weighted by Gasteiger charge is -2.01. The molecule has 0 unspecified atom stereocenters. The predicted molar refractivity (Wildman–Crippen MR) is 75.8 cm³/mol. The predicted octanol–water partition coefficient (Wildman–Crippen LogP) is 2.10. The summed E-state index contributed by atoms with van der Waals surface area (Å²) in [6, 6.07) is 9.67. The van der Waals surface area contributed by atoms with Crippen molar-refractivity contribution in [1.29, 1.82) is 0 Å². The van der Waals surface area contributed by atoms with Gasteiger partial charge in [-0.1, -0.05) is 18.2 Å². The van der Waals surface area contributed by atoms with Crippen LogP contribution >= 0.6 is 0 Å². The summed E-state index contributed by atoms with van der Waals surface area (Å²) in [4.78, 5) is 18.6. The largest absolute Gasteiger partial charge is 0.478 e. The number of aromatic carboxylic acids is 1. The molecular weight excluding hydrogens is 270 g/mol. The first kappa shape index (κ1) is 12.8. The van der Waals surface area contributed by atoms with Crippen molar-refractivity contribution in [3.63, 3.8) is 0 Å². The maximum atomic E-state index is 10.7. The van der Waals surface area contributed by atoms with Crippen LogP contribution in [0, 0.1) is 0 Å². The van der Waals surface area contributed by atoms with Crippen molar-refractivity contribution in [2.75, 3.05) is 5.32 Å². The van der Waals surface area contributed by atoms with Crippen molar-refractivity contribution >= 4 is 17.6 Å². The molecule has 0 bridgehead atoms. The van der Waals surface area contributed by atoms with E-state index in [4.69, 9.17) is 5.11 Å². The number of aromatic nitrogens is 4. The van der Waals surface area contributed by atoms with Crippen molar-refractivity contribution in [2.24, 2.45) is 0 Å². The highest BCUT2D eigenvalue weighted by Gasteiger charge is 2.06. The fourth-order valence-electron chi connectivity index (χ4n) is 1.74. The third kappa shape index (κ3) is 2.86. The van der Waals surface area contributed by atoms with Gasteiger partial charge in [0.05, 0.1) is 29.3 Å². The van der Waals surface area contributed by atoms with E-state index in [-0.39, 0.29) is 5.56 Å². The van der Waals surface area contributed by atoms with Crippen LogP contribution in [-0.4, -0.2) is 30.8 Å². The number of carboxylic acids is 1. The fraction of sp³-hybridized carbons (Fsp3) is 0. The smallest absolute Gasteiger partial charge is 0.338 e. The van der Waals surface area contributed by atoms with Crippen molar-refractivity contribution < 1.29 is 9.90 Å². The van der Waals surface area contributed by atoms with Crippen LogP contribution in [0.3, 0.4) is 0 Å². The van der Waals surface area contributed by atoms with Gasteiger partial charge in [-0.2, -0.15) is 5.10 Å². The van der Waals surface area contributed by atoms with E-state index in [1.54, 1.807) is 17.1 Å². The SMILES string of the molecule is O=C(O)c1cnc(Nc2cnn(-c3ccccc3)c2)nc1. The molecule has 0 aliphatic rings. The van der Waals surface area contributed by atoms with Crippen LogP contribution in [-0.2, 0) is 0 Å². The Morgan fingerprint density at radius 2 is 1.81 bits per heavy atom. The Hall–Kier alpha value is -3.22. The quantitative estimate of drug-likeness (QED) is 0.760. The van der Waals surface area contributed by atoms with Crippen molar-refractivity contribution in [1.82, 2.24) is 19.7 Å². The van der Waals surface area contributed by atoms with Gasteiger partial charge in [-0.05, 0) is 12.1 Å². The number of benzene rings is 1. The van der Waals surface area contributed by atoms with Crippen LogP contribution < -0.4 is 5.32 Å². The molecule has 0 fully saturated rings. The monoisotopic (exact) mass is 281 g/mol. The van der Waals surface area contributed by atoms with Gasteiger partial charge in [0.2, 0.25) is 5.95 Å². The van der Waals surface area contributed by atoms with E-state index in [9.17, 15) is 4.79 Å². The van der Waals surface area contributed by atoms with E-state index in [0.717, 1.165) is 5.69 Å². The average Bonchev–Trinajstić information content (AvgIpc) is 2.97. The lowest BCUT2D eigenvalue weighted by molar-refractivity contribution is 0.0696. The molecule has 2 heterocycles. The zero-order chi connectivity index (χ0) is 14.7. The van der Waals surface area contributed by atoms with E-state index >= 15 is 0 Å². The number of nitrogens with one attached hydrogen (secondary N) is 1. The minimum Gasteiger partial charge on any atom is -0.478 e. The maximum absolute atomic E-state index is 10.7. The third-order valence-electron chi connectivity index (χ3n) is 2.76. The molecule has 104 valence electrons. The lowest BCUT2D eigenvalue weighted by atomic mass is 10.3. The molecule has 0 atom stereocenters. The van der Waals surface area contributed by atoms with Crippen molar-refractivity contribution in [3.05, 3.63) is 60.7 Å². The third-order valence-corrected chi connectivity index (χ3v) is 2.76. The molecule has 0 aliphatic carbocycles. The second-order valence-electron chi connectivity index (χ2n) is 4.23. The average molecular weight is 281 g/mol. The number of hydrogen-bond acceptors (Lipinski definition) is 5. The highest BCUT2D eigenvalue weighted by atomic mass is 16.4. The number of anilines is 2. The fourth-order valence-corrected chi connectivity index (χ4v) is 1.74. The molecule has 7 nitrogen and oxygen atoms in total. The van der Waals surface area contributed by atoms with E-state index in [1.165, 1.54) is 12.4 Å². The van der Waals surface area contributed by atoms with Gasteiger partial charge < -0.3 is 10.4 Å². The van der Waals surface area contributed by atoms with Gasteiger partial charge in [0.15, 0.2) is 0 Å². The van der Waals surface area contributed by atoms with E-state index in [0.29, 0.717) is 11.6 Å². The van der Waals surface area contributed by atoms with Crippen LogP contribution in [0.4, 0.5) is 11.6 Å². The summed E-state index contributed by atoms with van der Waals surface area (Å²) in [6.45, 7) is 0. The van der Waals surface area contributed by atoms with Gasteiger partial charge in [-0.3, -0.25) is 0 Å². The zero-order valence-corrected chi connectivity index (χ0v) is 10.8. The number of para-hydroxylation sites is 1. The Labute approximate surface area is 119 Å². The van der Waals surface area contributed by atoms with Crippen LogP contribution in [0.15, 0.2) is 55.1 Å². The molecule has 0 amide bonds. The summed E-state index contributed by atoms with van der Waals surface area (Å²) < 4.78 is 1.72. The van der Waals surface area contributed by atoms with Crippen LogP contribution in [0.5, 0.6) is 0 Å². The van der Waals surface area contributed by atoms with Crippen molar-refractivity contribution in [2.45, 2.75) is 0 Å². The van der Waals surface area contributed by atoms with Crippen LogP contribution in [0.2, 0.25) is 0 Å². The number of nitrogens with zero attached hydrogens (tertiary/aromatic N) is 4. The second kappa shape index (κ2) is 5.41.